The third kappa shape index (κ3) is 4.67. The fraction of sp³-hybridized carbons (Fsp3) is 0.364. The van der Waals surface area contributed by atoms with Crippen LogP contribution in [0.3, 0.4) is 0 Å². The number of fused-ring (bicyclic) bond motifs is 1. The quantitative estimate of drug-likeness (QED) is 0.497. The van der Waals surface area contributed by atoms with Crippen molar-refractivity contribution in [3.63, 3.8) is 0 Å². The van der Waals surface area contributed by atoms with Gasteiger partial charge in [0.05, 0.1) is 17.0 Å². The average molecular weight is 456 g/mol. The van der Waals surface area contributed by atoms with Crippen LogP contribution >= 0.6 is 23.1 Å². The molecule has 0 unspecified atom stereocenters. The minimum absolute atomic E-state index is 0.163. The molecule has 7 nitrogen and oxygen atoms in total. The van der Waals surface area contributed by atoms with Crippen LogP contribution in [-0.2, 0) is 24.2 Å². The fourth-order valence-corrected chi connectivity index (χ4v) is 5.71. The van der Waals surface area contributed by atoms with Gasteiger partial charge in [0.15, 0.2) is 11.0 Å². The molecule has 1 aliphatic rings. The summed E-state index contributed by atoms with van der Waals surface area (Å²) in [5.41, 5.74) is 8.70. The van der Waals surface area contributed by atoms with E-state index in [1.165, 1.54) is 40.6 Å². The molecule has 9 heteroatoms. The smallest absolute Gasteiger partial charge is 0.250 e. The molecule has 0 saturated carbocycles. The van der Waals surface area contributed by atoms with Crippen LogP contribution < -0.4 is 11.1 Å². The summed E-state index contributed by atoms with van der Waals surface area (Å²) < 4.78 is 2.12. The number of hydrogen-bond acceptors (Lipinski definition) is 6. The van der Waals surface area contributed by atoms with Crippen molar-refractivity contribution < 1.29 is 9.59 Å². The van der Waals surface area contributed by atoms with E-state index in [2.05, 4.69) is 32.4 Å². The summed E-state index contributed by atoms with van der Waals surface area (Å²) in [5, 5.41) is 14.6. The number of primary amides is 1. The van der Waals surface area contributed by atoms with Crippen LogP contribution in [0.2, 0.25) is 0 Å². The largest absolute Gasteiger partial charge is 0.366 e. The Labute approximate surface area is 189 Å². The van der Waals surface area contributed by atoms with E-state index in [0.717, 1.165) is 36.8 Å². The van der Waals surface area contributed by atoms with Crippen molar-refractivity contribution in [3.8, 4) is 11.4 Å². The van der Waals surface area contributed by atoms with Gasteiger partial charge < -0.3 is 15.6 Å². The van der Waals surface area contributed by atoms with E-state index < -0.39 is 5.91 Å². The van der Waals surface area contributed by atoms with Gasteiger partial charge in [-0.2, -0.15) is 0 Å². The number of rotatable bonds is 8. The van der Waals surface area contributed by atoms with Crippen molar-refractivity contribution in [1.29, 1.82) is 0 Å². The molecular formula is C22H25N5O2S2. The molecule has 31 heavy (non-hydrogen) atoms. The van der Waals surface area contributed by atoms with Crippen LogP contribution in [0.5, 0.6) is 0 Å². The molecular weight excluding hydrogens is 430 g/mol. The molecule has 1 aromatic carbocycles. The Balaban J connectivity index is 1.50. The van der Waals surface area contributed by atoms with E-state index in [4.69, 9.17) is 5.73 Å². The second-order valence-corrected chi connectivity index (χ2v) is 9.37. The zero-order valence-electron chi connectivity index (χ0n) is 17.4. The van der Waals surface area contributed by atoms with Crippen molar-refractivity contribution in [1.82, 2.24) is 14.8 Å². The number of para-hydroxylation sites is 1. The third-order valence-electron chi connectivity index (χ3n) is 5.27. The SMILES string of the molecule is CCCn1c(SCC(=O)Nc2ccccc2C(N)=O)nnc1-c1csc2c1CCCC2. The van der Waals surface area contributed by atoms with Crippen molar-refractivity contribution >= 4 is 40.6 Å². The minimum Gasteiger partial charge on any atom is -0.366 e. The summed E-state index contributed by atoms with van der Waals surface area (Å²) in [6.45, 7) is 2.91. The zero-order chi connectivity index (χ0) is 21.8. The maximum atomic E-state index is 12.5. The molecule has 0 radical (unpaired) electrons. The number of nitrogens with zero attached hydrogens (tertiary/aromatic N) is 3. The molecule has 2 heterocycles. The highest BCUT2D eigenvalue weighted by atomic mass is 32.2. The number of carbonyl (C=O) groups is 2. The van der Waals surface area contributed by atoms with Crippen LogP contribution in [-0.4, -0.2) is 32.3 Å². The highest BCUT2D eigenvalue weighted by Crippen LogP contribution is 2.37. The maximum Gasteiger partial charge on any atom is 0.250 e. The molecule has 162 valence electrons. The van der Waals surface area contributed by atoms with Gasteiger partial charge in [0.2, 0.25) is 5.91 Å². The lowest BCUT2D eigenvalue weighted by Gasteiger charge is -2.14. The lowest BCUT2D eigenvalue weighted by atomic mass is 9.95. The van der Waals surface area contributed by atoms with E-state index in [0.29, 0.717) is 11.3 Å². The molecule has 0 fully saturated rings. The first-order valence-electron chi connectivity index (χ1n) is 10.4. The summed E-state index contributed by atoms with van der Waals surface area (Å²) in [7, 11) is 0. The number of thiophene rings is 1. The van der Waals surface area contributed by atoms with Gasteiger partial charge in [-0.05, 0) is 49.8 Å². The molecule has 3 N–H and O–H groups in total. The summed E-state index contributed by atoms with van der Waals surface area (Å²) in [6, 6.07) is 6.72. The van der Waals surface area contributed by atoms with Crippen LogP contribution in [0.4, 0.5) is 5.69 Å². The Morgan fingerprint density at radius 2 is 2.03 bits per heavy atom. The second kappa shape index (κ2) is 9.65. The Hall–Kier alpha value is -2.65. The lowest BCUT2D eigenvalue weighted by molar-refractivity contribution is -0.113. The monoisotopic (exact) mass is 455 g/mol. The Kier molecular flexibility index (Phi) is 6.72. The number of amides is 2. The van der Waals surface area contributed by atoms with E-state index in [-0.39, 0.29) is 11.7 Å². The number of benzene rings is 1. The molecule has 0 atom stereocenters. The molecule has 0 saturated heterocycles. The molecule has 4 rings (SSSR count). The van der Waals surface area contributed by atoms with Crippen molar-refractivity contribution in [3.05, 3.63) is 45.6 Å². The first kappa shape index (κ1) is 21.6. The normalized spacial score (nSPS) is 13.1. The highest BCUT2D eigenvalue weighted by Gasteiger charge is 2.22. The number of aromatic nitrogens is 3. The molecule has 2 aromatic heterocycles. The van der Waals surface area contributed by atoms with Crippen LogP contribution in [0.1, 0.15) is 47.0 Å². The molecule has 0 aliphatic heterocycles. The topological polar surface area (TPSA) is 103 Å². The van der Waals surface area contributed by atoms with Gasteiger partial charge in [0.1, 0.15) is 0 Å². The first-order valence-corrected chi connectivity index (χ1v) is 12.3. The van der Waals surface area contributed by atoms with E-state index in [1.54, 1.807) is 24.3 Å². The summed E-state index contributed by atoms with van der Waals surface area (Å²) in [5.74, 6) is 0.258. The van der Waals surface area contributed by atoms with Gasteiger partial charge in [-0.1, -0.05) is 30.8 Å². The third-order valence-corrected chi connectivity index (χ3v) is 7.32. The average Bonchev–Trinajstić information content (AvgIpc) is 3.36. The number of aryl methyl sites for hydroxylation is 1. The lowest BCUT2D eigenvalue weighted by Crippen LogP contribution is -2.19. The summed E-state index contributed by atoms with van der Waals surface area (Å²) in [4.78, 5) is 25.5. The van der Waals surface area contributed by atoms with Gasteiger partial charge in [-0.15, -0.1) is 21.5 Å². The van der Waals surface area contributed by atoms with Crippen molar-refractivity contribution in [2.24, 2.45) is 5.73 Å². The zero-order valence-corrected chi connectivity index (χ0v) is 19.0. The number of hydrogen-bond donors (Lipinski definition) is 2. The molecule has 2 amide bonds. The molecule has 1 aliphatic carbocycles. The van der Waals surface area contributed by atoms with Gasteiger partial charge in [-0.25, -0.2) is 0 Å². The summed E-state index contributed by atoms with van der Waals surface area (Å²) in [6.07, 6.45) is 5.66. The van der Waals surface area contributed by atoms with E-state index in [1.807, 2.05) is 11.3 Å². The number of carbonyl (C=O) groups excluding carboxylic acids is 2. The van der Waals surface area contributed by atoms with E-state index in [9.17, 15) is 9.59 Å². The van der Waals surface area contributed by atoms with Crippen LogP contribution in [0.25, 0.3) is 11.4 Å². The van der Waals surface area contributed by atoms with Crippen molar-refractivity contribution in [2.75, 3.05) is 11.1 Å². The predicted molar refractivity (Wildman–Crippen MR) is 125 cm³/mol. The van der Waals surface area contributed by atoms with E-state index >= 15 is 0 Å². The predicted octanol–water partition coefficient (Wildman–Crippen LogP) is 4.13. The number of nitrogens with two attached hydrogens (primary N) is 1. The number of anilines is 1. The van der Waals surface area contributed by atoms with Gasteiger partial charge >= 0.3 is 0 Å². The maximum absolute atomic E-state index is 12.5. The highest BCUT2D eigenvalue weighted by molar-refractivity contribution is 7.99. The van der Waals surface area contributed by atoms with Gasteiger partial charge in [0.25, 0.3) is 5.91 Å². The van der Waals surface area contributed by atoms with Crippen LogP contribution in [0, 0.1) is 0 Å². The van der Waals surface area contributed by atoms with Gasteiger partial charge in [0, 0.05) is 22.4 Å². The van der Waals surface area contributed by atoms with Gasteiger partial charge in [-0.3, -0.25) is 9.59 Å². The Bertz CT molecular complexity index is 1110. The molecule has 3 aromatic rings. The Morgan fingerprint density at radius 3 is 2.84 bits per heavy atom. The van der Waals surface area contributed by atoms with Crippen LogP contribution in [0.15, 0.2) is 34.8 Å². The summed E-state index contributed by atoms with van der Waals surface area (Å²) >= 11 is 3.16. The first-order chi connectivity index (χ1) is 15.1. The fourth-order valence-electron chi connectivity index (χ4n) is 3.82. The molecule has 0 spiro atoms. The van der Waals surface area contributed by atoms with Crippen molar-refractivity contribution in [2.45, 2.75) is 50.7 Å². The second-order valence-electron chi connectivity index (χ2n) is 7.46. The minimum atomic E-state index is -0.574. The number of nitrogens with one attached hydrogen (secondary N) is 1. The standard InChI is InChI=1S/C22H25N5O2S2/c1-2-11-27-21(16-12-30-18-10-6-4-7-14(16)18)25-26-22(27)31-13-19(28)24-17-9-5-3-8-15(17)20(23)29/h3,5,8-9,12H,2,4,6-7,10-11,13H2,1H3,(H2,23,29)(H,24,28). The molecule has 0 bridgehead atoms. The Morgan fingerprint density at radius 1 is 1.23 bits per heavy atom. The number of thioether (sulfide) groups is 1.